The lowest BCUT2D eigenvalue weighted by atomic mass is 9.92. The molecule has 0 aromatic heterocycles. The summed E-state index contributed by atoms with van der Waals surface area (Å²) in [6.07, 6.45) is 3.55. The number of phenolic OH excluding ortho intramolecular Hbond substituents is 2. The Kier molecular flexibility index (Phi) is 4.09. The minimum absolute atomic E-state index is 0.0401. The van der Waals surface area contributed by atoms with Gasteiger partial charge < -0.3 is 20.6 Å². The van der Waals surface area contributed by atoms with Crippen LogP contribution in [0.1, 0.15) is 44.2 Å². The van der Waals surface area contributed by atoms with Crippen LogP contribution in [-0.4, -0.2) is 27.5 Å². The standard InChI is InChI=1S/C14H21NO3/c1-9(10-5-13(17)8-14(18)6-10)15-11-3-2-4-12(16)7-11/h5-6,8-9,11-12,15-18H,2-4,7H2,1H3. The molecule has 4 nitrogen and oxygen atoms in total. The highest BCUT2D eigenvalue weighted by Crippen LogP contribution is 2.27. The first-order valence-electron chi connectivity index (χ1n) is 6.51. The lowest BCUT2D eigenvalue weighted by molar-refractivity contribution is 0.109. The Morgan fingerprint density at radius 2 is 1.83 bits per heavy atom. The predicted molar refractivity (Wildman–Crippen MR) is 69.6 cm³/mol. The maximum Gasteiger partial charge on any atom is 0.119 e. The van der Waals surface area contributed by atoms with E-state index in [-0.39, 0.29) is 23.6 Å². The largest absolute Gasteiger partial charge is 0.508 e. The second-order valence-electron chi connectivity index (χ2n) is 5.19. The van der Waals surface area contributed by atoms with Crippen LogP contribution < -0.4 is 5.32 Å². The fourth-order valence-electron chi connectivity index (χ4n) is 2.63. The maximum absolute atomic E-state index is 9.63. The van der Waals surface area contributed by atoms with Gasteiger partial charge in [-0.05, 0) is 50.3 Å². The molecule has 1 saturated carbocycles. The Morgan fingerprint density at radius 3 is 2.44 bits per heavy atom. The quantitative estimate of drug-likeness (QED) is 0.663. The molecule has 0 aliphatic heterocycles. The topological polar surface area (TPSA) is 72.7 Å². The Balaban J connectivity index is 2.00. The van der Waals surface area contributed by atoms with E-state index in [4.69, 9.17) is 0 Å². The predicted octanol–water partition coefficient (Wildman–Crippen LogP) is 2.05. The van der Waals surface area contributed by atoms with E-state index < -0.39 is 0 Å². The van der Waals surface area contributed by atoms with Gasteiger partial charge in [0.1, 0.15) is 11.5 Å². The van der Waals surface area contributed by atoms with Crippen molar-refractivity contribution in [2.24, 2.45) is 0 Å². The third-order valence-corrected chi connectivity index (χ3v) is 3.56. The second kappa shape index (κ2) is 5.59. The van der Waals surface area contributed by atoms with Gasteiger partial charge in [0.05, 0.1) is 6.10 Å². The first kappa shape index (κ1) is 13.2. The average molecular weight is 251 g/mol. The maximum atomic E-state index is 9.63. The zero-order valence-corrected chi connectivity index (χ0v) is 10.6. The molecule has 0 amide bonds. The SMILES string of the molecule is CC(NC1CCCC(O)C1)c1cc(O)cc(O)c1. The minimum Gasteiger partial charge on any atom is -0.508 e. The number of nitrogens with one attached hydrogen (secondary N) is 1. The minimum atomic E-state index is -0.207. The Morgan fingerprint density at radius 1 is 1.17 bits per heavy atom. The fourth-order valence-corrected chi connectivity index (χ4v) is 2.63. The van der Waals surface area contributed by atoms with Crippen LogP contribution in [0.15, 0.2) is 18.2 Å². The van der Waals surface area contributed by atoms with Crippen molar-refractivity contribution in [3.8, 4) is 11.5 Å². The van der Waals surface area contributed by atoms with Gasteiger partial charge in [-0.25, -0.2) is 0 Å². The van der Waals surface area contributed by atoms with E-state index in [0.29, 0.717) is 6.04 Å². The monoisotopic (exact) mass is 251 g/mol. The number of hydrogen-bond acceptors (Lipinski definition) is 4. The highest BCUT2D eigenvalue weighted by molar-refractivity contribution is 5.37. The van der Waals surface area contributed by atoms with Crippen LogP contribution in [0.25, 0.3) is 0 Å². The zero-order chi connectivity index (χ0) is 13.1. The van der Waals surface area contributed by atoms with E-state index in [1.54, 1.807) is 12.1 Å². The molecule has 0 radical (unpaired) electrons. The number of hydrogen-bond donors (Lipinski definition) is 4. The molecule has 1 fully saturated rings. The molecule has 1 aliphatic rings. The molecule has 0 heterocycles. The summed E-state index contributed by atoms with van der Waals surface area (Å²) < 4.78 is 0. The van der Waals surface area contributed by atoms with Crippen molar-refractivity contribution in [2.75, 3.05) is 0 Å². The van der Waals surface area contributed by atoms with Gasteiger partial charge in [-0.15, -0.1) is 0 Å². The Labute approximate surface area is 107 Å². The first-order chi connectivity index (χ1) is 8.54. The van der Waals surface area contributed by atoms with Crippen LogP contribution in [0.2, 0.25) is 0 Å². The number of benzene rings is 1. The molecule has 100 valence electrons. The van der Waals surface area contributed by atoms with Crippen LogP contribution in [-0.2, 0) is 0 Å². The van der Waals surface area contributed by atoms with Crippen molar-refractivity contribution < 1.29 is 15.3 Å². The smallest absolute Gasteiger partial charge is 0.119 e. The molecule has 0 spiro atoms. The summed E-state index contributed by atoms with van der Waals surface area (Å²) in [7, 11) is 0. The van der Waals surface area contributed by atoms with Crippen molar-refractivity contribution in [2.45, 2.75) is 50.8 Å². The Bertz CT molecular complexity index is 388. The van der Waals surface area contributed by atoms with Crippen molar-refractivity contribution in [1.29, 1.82) is 0 Å². The molecule has 4 heteroatoms. The lowest BCUT2D eigenvalue weighted by Crippen LogP contribution is -2.37. The van der Waals surface area contributed by atoms with Crippen LogP contribution in [0, 0.1) is 0 Å². The van der Waals surface area contributed by atoms with Gasteiger partial charge >= 0.3 is 0 Å². The van der Waals surface area contributed by atoms with Gasteiger partial charge in [0, 0.05) is 18.2 Å². The number of aromatic hydroxyl groups is 2. The molecule has 3 atom stereocenters. The molecule has 4 N–H and O–H groups in total. The highest BCUT2D eigenvalue weighted by Gasteiger charge is 2.21. The summed E-state index contributed by atoms with van der Waals surface area (Å²) in [5.74, 6) is 0.143. The van der Waals surface area contributed by atoms with Gasteiger partial charge in [-0.2, -0.15) is 0 Å². The van der Waals surface area contributed by atoms with Crippen molar-refractivity contribution in [1.82, 2.24) is 5.32 Å². The van der Waals surface area contributed by atoms with Crippen molar-refractivity contribution in [3.63, 3.8) is 0 Å². The van der Waals surface area contributed by atoms with E-state index in [0.717, 1.165) is 31.2 Å². The number of aliphatic hydroxyl groups excluding tert-OH is 1. The van der Waals surface area contributed by atoms with Crippen LogP contribution in [0.4, 0.5) is 0 Å². The van der Waals surface area contributed by atoms with Gasteiger partial charge in [-0.1, -0.05) is 0 Å². The fraction of sp³-hybridized carbons (Fsp3) is 0.571. The van der Waals surface area contributed by atoms with Gasteiger partial charge in [0.15, 0.2) is 0 Å². The second-order valence-corrected chi connectivity index (χ2v) is 5.19. The zero-order valence-electron chi connectivity index (χ0n) is 10.6. The number of aliphatic hydroxyl groups is 1. The van der Waals surface area contributed by atoms with E-state index in [1.165, 1.54) is 6.07 Å². The van der Waals surface area contributed by atoms with E-state index in [9.17, 15) is 15.3 Å². The molecule has 18 heavy (non-hydrogen) atoms. The van der Waals surface area contributed by atoms with E-state index in [2.05, 4.69) is 5.32 Å². The summed E-state index contributed by atoms with van der Waals surface area (Å²) >= 11 is 0. The van der Waals surface area contributed by atoms with E-state index in [1.807, 2.05) is 6.92 Å². The molecule has 3 unspecified atom stereocenters. The Hall–Kier alpha value is -1.26. The average Bonchev–Trinajstić information content (AvgIpc) is 2.27. The lowest BCUT2D eigenvalue weighted by Gasteiger charge is -2.29. The molecule has 0 saturated heterocycles. The van der Waals surface area contributed by atoms with Gasteiger partial charge in [0.25, 0.3) is 0 Å². The molecule has 1 aliphatic carbocycles. The van der Waals surface area contributed by atoms with E-state index >= 15 is 0 Å². The summed E-state index contributed by atoms with van der Waals surface area (Å²) in [6, 6.07) is 4.96. The van der Waals surface area contributed by atoms with Crippen LogP contribution >= 0.6 is 0 Å². The van der Waals surface area contributed by atoms with Crippen molar-refractivity contribution in [3.05, 3.63) is 23.8 Å². The highest BCUT2D eigenvalue weighted by atomic mass is 16.3. The summed E-state index contributed by atoms with van der Waals surface area (Å²) in [5, 5.41) is 32.0. The third-order valence-electron chi connectivity index (χ3n) is 3.56. The van der Waals surface area contributed by atoms with Gasteiger partial charge in [-0.3, -0.25) is 0 Å². The summed E-state index contributed by atoms with van der Waals surface area (Å²) in [5.41, 5.74) is 0.854. The molecule has 0 bridgehead atoms. The number of rotatable bonds is 3. The molecule has 2 rings (SSSR count). The van der Waals surface area contributed by atoms with Crippen LogP contribution in [0.5, 0.6) is 11.5 Å². The molecular weight excluding hydrogens is 230 g/mol. The summed E-state index contributed by atoms with van der Waals surface area (Å²) in [4.78, 5) is 0. The normalized spacial score (nSPS) is 25.9. The summed E-state index contributed by atoms with van der Waals surface area (Å²) in [6.45, 7) is 2.00. The molecular formula is C14H21NO3. The van der Waals surface area contributed by atoms with Crippen LogP contribution in [0.3, 0.4) is 0 Å². The van der Waals surface area contributed by atoms with Crippen molar-refractivity contribution >= 4 is 0 Å². The number of phenols is 2. The molecule has 1 aromatic rings. The third kappa shape index (κ3) is 3.37. The first-order valence-corrected chi connectivity index (χ1v) is 6.51. The van der Waals surface area contributed by atoms with Gasteiger partial charge in [0.2, 0.25) is 0 Å². The molecule has 1 aromatic carbocycles.